The fourth-order valence-corrected chi connectivity index (χ4v) is 4.74. The molecule has 0 saturated carbocycles. The Balaban J connectivity index is 1.17. The van der Waals surface area contributed by atoms with Crippen molar-refractivity contribution in [2.45, 2.75) is 19.4 Å². The van der Waals surface area contributed by atoms with Gasteiger partial charge in [-0.15, -0.1) is 0 Å². The van der Waals surface area contributed by atoms with Crippen LogP contribution >= 0.6 is 0 Å². The van der Waals surface area contributed by atoms with E-state index in [0.29, 0.717) is 39.0 Å². The van der Waals surface area contributed by atoms with Crippen molar-refractivity contribution in [2.75, 3.05) is 58.2 Å². The third-order valence-corrected chi connectivity index (χ3v) is 6.88. The van der Waals surface area contributed by atoms with Crippen LogP contribution in [0.4, 0.5) is 10.5 Å². The maximum atomic E-state index is 13.0. The maximum Gasteiger partial charge on any atom is 0.321 e. The average Bonchev–Trinajstić information content (AvgIpc) is 2.90. The van der Waals surface area contributed by atoms with Crippen LogP contribution in [0.15, 0.2) is 60.7 Å². The molecule has 0 atom stereocenters. The van der Waals surface area contributed by atoms with Gasteiger partial charge in [-0.3, -0.25) is 14.5 Å². The van der Waals surface area contributed by atoms with Crippen molar-refractivity contribution in [3.05, 3.63) is 66.2 Å². The monoisotopic (exact) mass is 477 g/mol. The molecule has 4 rings (SSSR count). The van der Waals surface area contributed by atoms with Crippen LogP contribution in [0.5, 0.6) is 0 Å². The van der Waals surface area contributed by atoms with Gasteiger partial charge in [0.15, 0.2) is 0 Å². The summed E-state index contributed by atoms with van der Waals surface area (Å²) in [5, 5.41) is 2.90. The highest BCUT2D eigenvalue weighted by atomic mass is 16.2. The highest BCUT2D eigenvalue weighted by molar-refractivity contribution is 5.90. The average molecular weight is 478 g/mol. The first-order chi connectivity index (χ1) is 17.0. The zero-order chi connectivity index (χ0) is 24.6. The lowest BCUT2D eigenvalue weighted by molar-refractivity contribution is -0.143. The van der Waals surface area contributed by atoms with E-state index >= 15 is 0 Å². The Kier molecular flexibility index (Phi) is 8.36. The molecule has 0 unspecified atom stereocenters. The molecule has 0 bridgehead atoms. The summed E-state index contributed by atoms with van der Waals surface area (Å²) in [6.45, 7) is 5.09. The second kappa shape index (κ2) is 11.8. The Morgan fingerprint density at radius 3 is 2.06 bits per heavy atom. The minimum Gasteiger partial charge on any atom is -0.339 e. The second-order valence-electron chi connectivity index (χ2n) is 9.39. The van der Waals surface area contributed by atoms with E-state index in [-0.39, 0.29) is 30.3 Å². The van der Waals surface area contributed by atoms with Crippen molar-refractivity contribution in [3.8, 4) is 0 Å². The van der Waals surface area contributed by atoms with E-state index in [1.807, 2.05) is 53.4 Å². The number of nitrogens with zero attached hydrogens (tertiary/aromatic N) is 4. The van der Waals surface area contributed by atoms with E-state index in [1.165, 1.54) is 5.56 Å². The number of likely N-dealkylation sites (tertiary alicyclic amines) is 1. The Hall–Kier alpha value is -3.39. The van der Waals surface area contributed by atoms with E-state index < -0.39 is 0 Å². The first-order valence-corrected chi connectivity index (χ1v) is 12.4. The highest BCUT2D eigenvalue weighted by Gasteiger charge is 2.31. The first-order valence-electron chi connectivity index (χ1n) is 12.4. The number of rotatable bonds is 6. The van der Waals surface area contributed by atoms with Crippen LogP contribution in [0.3, 0.4) is 0 Å². The molecule has 35 heavy (non-hydrogen) atoms. The molecular formula is C27H35N5O3. The van der Waals surface area contributed by atoms with E-state index in [1.54, 1.807) is 16.8 Å². The Bertz CT molecular complexity index is 984. The molecule has 1 N–H and O–H groups in total. The van der Waals surface area contributed by atoms with Crippen LogP contribution in [0.2, 0.25) is 0 Å². The number of likely N-dealkylation sites (N-methyl/N-ethyl adjacent to an activating group) is 1. The predicted octanol–water partition coefficient (Wildman–Crippen LogP) is 2.73. The molecule has 0 aliphatic carbocycles. The maximum absolute atomic E-state index is 13.0. The molecule has 2 saturated heterocycles. The quantitative estimate of drug-likeness (QED) is 0.694. The van der Waals surface area contributed by atoms with Crippen LogP contribution < -0.4 is 5.32 Å². The van der Waals surface area contributed by atoms with Crippen molar-refractivity contribution in [1.82, 2.24) is 19.6 Å². The SMILES string of the molecule is CN(CC(=O)N1CCN(Cc2ccccc2)CC1)C(=O)C1CCN(C(=O)Nc2ccccc2)CC1. The van der Waals surface area contributed by atoms with E-state index in [2.05, 4.69) is 22.3 Å². The lowest BCUT2D eigenvalue weighted by Crippen LogP contribution is -2.52. The van der Waals surface area contributed by atoms with Gasteiger partial charge in [-0.1, -0.05) is 48.5 Å². The Morgan fingerprint density at radius 1 is 0.829 bits per heavy atom. The van der Waals surface area contributed by atoms with Gasteiger partial charge < -0.3 is 20.0 Å². The van der Waals surface area contributed by atoms with Gasteiger partial charge in [0.25, 0.3) is 0 Å². The number of nitrogens with one attached hydrogen (secondary N) is 1. The lowest BCUT2D eigenvalue weighted by atomic mass is 9.95. The number of carbonyl (C=O) groups is 3. The van der Waals surface area contributed by atoms with E-state index in [0.717, 1.165) is 25.3 Å². The van der Waals surface area contributed by atoms with Crippen molar-refractivity contribution in [3.63, 3.8) is 0 Å². The van der Waals surface area contributed by atoms with Crippen molar-refractivity contribution in [2.24, 2.45) is 5.92 Å². The molecule has 0 radical (unpaired) electrons. The smallest absolute Gasteiger partial charge is 0.321 e. The van der Waals surface area contributed by atoms with Gasteiger partial charge in [0.2, 0.25) is 11.8 Å². The number of amides is 4. The van der Waals surface area contributed by atoms with Gasteiger partial charge in [-0.25, -0.2) is 4.79 Å². The van der Waals surface area contributed by atoms with E-state index in [9.17, 15) is 14.4 Å². The summed E-state index contributed by atoms with van der Waals surface area (Å²) in [5.41, 5.74) is 2.04. The molecule has 2 aromatic carbocycles. The molecule has 2 aliphatic rings. The summed E-state index contributed by atoms with van der Waals surface area (Å²) >= 11 is 0. The normalized spacial score (nSPS) is 17.2. The molecule has 186 valence electrons. The number of para-hydroxylation sites is 1. The number of urea groups is 1. The van der Waals surface area contributed by atoms with Crippen molar-refractivity contribution < 1.29 is 14.4 Å². The number of piperazine rings is 1. The molecule has 2 aliphatic heterocycles. The standard InChI is InChI=1S/C27H35N5O3/c1-29(21-25(33)31-18-16-30(17-19-31)20-22-8-4-2-5-9-22)26(34)23-12-14-32(15-13-23)27(35)28-24-10-6-3-7-11-24/h2-11,23H,12-21H2,1H3,(H,28,35). The van der Waals surface area contributed by atoms with Gasteiger partial charge in [0, 0.05) is 64.5 Å². The summed E-state index contributed by atoms with van der Waals surface area (Å²) in [4.78, 5) is 45.8. The third-order valence-electron chi connectivity index (χ3n) is 6.88. The number of hydrogen-bond acceptors (Lipinski definition) is 4. The minimum absolute atomic E-state index is 0.000106. The summed E-state index contributed by atoms with van der Waals surface area (Å²) in [7, 11) is 1.71. The zero-order valence-corrected chi connectivity index (χ0v) is 20.4. The molecule has 8 heteroatoms. The second-order valence-corrected chi connectivity index (χ2v) is 9.39. The molecule has 0 spiro atoms. The highest BCUT2D eigenvalue weighted by Crippen LogP contribution is 2.20. The van der Waals surface area contributed by atoms with Crippen LogP contribution in [0, 0.1) is 5.92 Å². The molecule has 4 amide bonds. The van der Waals surface area contributed by atoms with Gasteiger partial charge in [0.1, 0.15) is 0 Å². The molecule has 8 nitrogen and oxygen atoms in total. The van der Waals surface area contributed by atoms with E-state index in [4.69, 9.17) is 0 Å². The topological polar surface area (TPSA) is 76.2 Å². The van der Waals surface area contributed by atoms with Gasteiger partial charge in [0.05, 0.1) is 6.54 Å². The lowest BCUT2D eigenvalue weighted by Gasteiger charge is -2.36. The Morgan fingerprint density at radius 2 is 1.43 bits per heavy atom. The summed E-state index contributed by atoms with van der Waals surface area (Å²) < 4.78 is 0. The number of piperidine rings is 1. The fourth-order valence-electron chi connectivity index (χ4n) is 4.74. The third kappa shape index (κ3) is 6.82. The number of anilines is 1. The largest absolute Gasteiger partial charge is 0.339 e. The number of benzene rings is 2. The predicted molar refractivity (Wildman–Crippen MR) is 136 cm³/mol. The van der Waals surface area contributed by atoms with Crippen molar-refractivity contribution >= 4 is 23.5 Å². The number of carbonyl (C=O) groups excluding carboxylic acids is 3. The van der Waals surface area contributed by atoms with Gasteiger partial charge in [-0.2, -0.15) is 0 Å². The molecule has 2 aromatic rings. The zero-order valence-electron chi connectivity index (χ0n) is 20.4. The summed E-state index contributed by atoms with van der Waals surface area (Å²) in [5.74, 6) is -0.166. The minimum atomic E-state index is -0.156. The molecule has 0 aromatic heterocycles. The van der Waals surface area contributed by atoms with Gasteiger partial charge >= 0.3 is 6.03 Å². The molecular weight excluding hydrogens is 442 g/mol. The van der Waals surface area contributed by atoms with Crippen LogP contribution in [0.1, 0.15) is 18.4 Å². The van der Waals surface area contributed by atoms with Crippen LogP contribution in [-0.2, 0) is 16.1 Å². The number of hydrogen-bond donors (Lipinski definition) is 1. The fraction of sp³-hybridized carbons (Fsp3) is 0.444. The molecule has 2 fully saturated rings. The van der Waals surface area contributed by atoms with Crippen LogP contribution in [0.25, 0.3) is 0 Å². The van der Waals surface area contributed by atoms with Crippen LogP contribution in [-0.4, -0.2) is 90.3 Å². The molecule has 2 heterocycles. The Labute approximate surface area is 207 Å². The summed E-state index contributed by atoms with van der Waals surface area (Å²) in [6.07, 6.45) is 1.22. The van der Waals surface area contributed by atoms with Crippen molar-refractivity contribution in [1.29, 1.82) is 0 Å². The summed E-state index contributed by atoms with van der Waals surface area (Å²) in [6, 6.07) is 19.6. The first kappa shape index (κ1) is 24.7. The van der Waals surface area contributed by atoms with Gasteiger partial charge in [-0.05, 0) is 30.5 Å².